The fourth-order valence-corrected chi connectivity index (χ4v) is 4.30. The van der Waals surface area contributed by atoms with Crippen LogP contribution in [0.4, 0.5) is 17.5 Å². The largest absolute Gasteiger partial charge is 0.760 e. The van der Waals surface area contributed by atoms with Gasteiger partial charge in [-0.3, -0.25) is 18.7 Å². The molecule has 0 aromatic carbocycles. The van der Waals surface area contributed by atoms with Gasteiger partial charge < -0.3 is 20.9 Å². The van der Waals surface area contributed by atoms with Gasteiger partial charge in [-0.2, -0.15) is 5.10 Å². The first-order valence-corrected chi connectivity index (χ1v) is 11.9. The highest BCUT2D eigenvalue weighted by molar-refractivity contribution is 7.77. The molecule has 5 N–H and O–H groups in total. The Kier molecular flexibility index (Phi) is 6.11. The van der Waals surface area contributed by atoms with Gasteiger partial charge in [0.25, 0.3) is 0 Å². The summed E-state index contributed by atoms with van der Waals surface area (Å²) in [5.41, 5.74) is 10.1. The van der Waals surface area contributed by atoms with Gasteiger partial charge >= 0.3 is 0 Å². The lowest BCUT2D eigenvalue weighted by atomic mass is 10.0. The Balaban J connectivity index is 1.46. The van der Waals surface area contributed by atoms with Crippen LogP contribution >= 0.6 is 0 Å². The molecule has 5 rings (SSSR count). The molecule has 0 fully saturated rings. The monoisotopic (exact) mass is 492 g/mol. The number of hydrogen-bond acceptors (Lipinski definition) is 9. The number of nitrogens with zero attached hydrogens (tertiary/aromatic N) is 5. The van der Waals surface area contributed by atoms with Gasteiger partial charge in [0.1, 0.15) is 18.2 Å². The minimum Gasteiger partial charge on any atom is -0.760 e. The number of amides is 1. The first-order chi connectivity index (χ1) is 16.9. The highest BCUT2D eigenvalue weighted by atomic mass is 32.2. The van der Waals surface area contributed by atoms with Crippen molar-refractivity contribution in [1.82, 2.24) is 34.8 Å². The molecule has 1 atom stereocenters. The van der Waals surface area contributed by atoms with E-state index in [0.29, 0.717) is 41.5 Å². The summed E-state index contributed by atoms with van der Waals surface area (Å²) in [4.78, 5) is 25.0. The smallest absolute Gasteiger partial charge is 0.241 e. The second-order valence-electron chi connectivity index (χ2n) is 8.11. The molecule has 13 heteroatoms. The number of nitrogens with two attached hydrogens (primary N) is 1. The molecule has 1 aliphatic heterocycles. The van der Waals surface area contributed by atoms with Crippen molar-refractivity contribution in [3.05, 3.63) is 53.6 Å². The van der Waals surface area contributed by atoms with E-state index in [9.17, 15) is 13.6 Å². The second-order valence-corrected chi connectivity index (χ2v) is 8.87. The number of pyridine rings is 3. The first kappa shape index (κ1) is 22.8. The van der Waals surface area contributed by atoms with E-state index in [1.807, 2.05) is 25.1 Å². The third kappa shape index (κ3) is 4.82. The lowest BCUT2D eigenvalue weighted by molar-refractivity contribution is -0.121. The molecule has 0 spiro atoms. The van der Waals surface area contributed by atoms with Gasteiger partial charge in [0.2, 0.25) is 5.91 Å². The van der Waals surface area contributed by atoms with Crippen LogP contribution in [-0.4, -0.2) is 45.9 Å². The van der Waals surface area contributed by atoms with Gasteiger partial charge in [-0.1, -0.05) is 0 Å². The Morgan fingerprint density at radius 2 is 2.09 bits per heavy atom. The Hall–Kier alpha value is -3.94. The molecule has 0 saturated heterocycles. The Labute approximate surface area is 202 Å². The molecule has 35 heavy (non-hydrogen) atoms. The summed E-state index contributed by atoms with van der Waals surface area (Å²) in [7, 11) is 0. The van der Waals surface area contributed by atoms with Gasteiger partial charge in [0.05, 0.1) is 5.69 Å². The minimum absolute atomic E-state index is 0.0661. The van der Waals surface area contributed by atoms with E-state index in [2.05, 4.69) is 35.4 Å². The maximum absolute atomic E-state index is 11.8. The van der Waals surface area contributed by atoms with Crippen LogP contribution in [-0.2, 0) is 35.6 Å². The predicted molar refractivity (Wildman–Crippen MR) is 130 cm³/mol. The molecule has 0 bridgehead atoms. The Bertz CT molecular complexity index is 1470. The van der Waals surface area contributed by atoms with Crippen LogP contribution in [0.5, 0.6) is 0 Å². The first-order valence-electron chi connectivity index (χ1n) is 10.8. The van der Waals surface area contributed by atoms with E-state index in [4.69, 9.17) is 5.73 Å². The van der Waals surface area contributed by atoms with Crippen molar-refractivity contribution < 1.29 is 13.6 Å². The molecule has 1 unspecified atom stereocenters. The van der Waals surface area contributed by atoms with Crippen molar-refractivity contribution in [3.8, 4) is 11.3 Å². The van der Waals surface area contributed by atoms with Gasteiger partial charge in [-0.05, 0) is 35.6 Å². The maximum atomic E-state index is 11.8. The number of carbonyl (C=O) groups excluding carboxylic acids is 1. The fourth-order valence-electron chi connectivity index (χ4n) is 4.03. The highest BCUT2D eigenvalue weighted by Gasteiger charge is 2.16. The summed E-state index contributed by atoms with van der Waals surface area (Å²) < 4.78 is 25.8. The average Bonchev–Trinajstić information content (AvgIpc) is 3.09. The van der Waals surface area contributed by atoms with Gasteiger partial charge in [0.15, 0.2) is 5.82 Å². The van der Waals surface area contributed by atoms with Crippen LogP contribution in [0.2, 0.25) is 0 Å². The summed E-state index contributed by atoms with van der Waals surface area (Å²) in [5.74, 6) is 1.42. The number of fused-ring (bicyclic) bond motifs is 2. The van der Waals surface area contributed by atoms with Crippen molar-refractivity contribution in [2.24, 2.45) is 0 Å². The number of aromatic nitrogens is 5. The minimum atomic E-state index is -2.37. The molecule has 4 aromatic rings. The molecule has 0 aliphatic carbocycles. The predicted octanol–water partition coefficient (Wildman–Crippen LogP) is 1.08. The molecule has 1 amide bonds. The summed E-state index contributed by atoms with van der Waals surface area (Å²) in [5, 5.41) is 12.0. The van der Waals surface area contributed by atoms with Crippen LogP contribution in [0.1, 0.15) is 16.8 Å². The molecule has 5 heterocycles. The number of carbonyl (C=O) groups is 1. The molecule has 1 aliphatic rings. The average molecular weight is 493 g/mol. The third-order valence-corrected chi connectivity index (χ3v) is 6.22. The van der Waals surface area contributed by atoms with Crippen molar-refractivity contribution in [1.29, 1.82) is 0 Å². The van der Waals surface area contributed by atoms with Gasteiger partial charge in [-0.25, -0.2) is 14.7 Å². The summed E-state index contributed by atoms with van der Waals surface area (Å²) in [6, 6.07) is 5.64. The van der Waals surface area contributed by atoms with Crippen molar-refractivity contribution >= 4 is 45.4 Å². The van der Waals surface area contributed by atoms with Gasteiger partial charge in [-0.15, -0.1) is 0 Å². The lowest BCUT2D eigenvalue weighted by Gasteiger charge is -2.13. The lowest BCUT2D eigenvalue weighted by Crippen LogP contribution is -2.25. The number of nitrogens with one attached hydrogen (secondary N) is 3. The van der Waals surface area contributed by atoms with E-state index in [1.54, 1.807) is 23.3 Å². The highest BCUT2D eigenvalue weighted by Crippen LogP contribution is 2.30. The Morgan fingerprint density at radius 1 is 1.23 bits per heavy atom. The molecular formula is C22H22N9O3S-. The zero-order valence-electron chi connectivity index (χ0n) is 18.7. The normalized spacial score (nSPS) is 14.3. The molecule has 0 radical (unpaired) electrons. The van der Waals surface area contributed by atoms with Crippen LogP contribution < -0.4 is 21.1 Å². The van der Waals surface area contributed by atoms with Crippen molar-refractivity contribution in [2.45, 2.75) is 26.4 Å². The molecule has 0 saturated carbocycles. The molecule has 4 aromatic heterocycles. The molecular weight excluding hydrogens is 470 g/mol. The number of nitrogen functional groups attached to an aromatic ring is 1. The summed E-state index contributed by atoms with van der Waals surface area (Å²) in [6.07, 6.45) is 5.64. The van der Waals surface area contributed by atoms with Crippen molar-refractivity contribution in [3.63, 3.8) is 0 Å². The quantitative estimate of drug-likeness (QED) is 0.287. The van der Waals surface area contributed by atoms with E-state index in [0.717, 1.165) is 27.8 Å². The topological polar surface area (TPSA) is 176 Å². The van der Waals surface area contributed by atoms with Gasteiger partial charge in [0, 0.05) is 72.1 Å². The summed E-state index contributed by atoms with van der Waals surface area (Å²) >= 11 is -2.37. The number of anilines is 3. The molecule has 180 valence electrons. The van der Waals surface area contributed by atoms with E-state index in [-0.39, 0.29) is 19.0 Å². The molecule has 12 nitrogen and oxygen atoms in total. The second kappa shape index (κ2) is 9.37. The standard InChI is InChI=1S/C22H23N9O3S/c1-12-14(8-27-35(33)34)7-24-9-16(12)18-4-13-5-19(26-10-17(13)22(23)28-18)29-20-6-15-2-3-25-21(32)11-31(15)30-20/h4-7,9-10,27H,2-3,8,11H2,1H3,(H2,23,28)(H,25,32)(H,33,34)(H,26,29,30)/p-1. The van der Waals surface area contributed by atoms with E-state index < -0.39 is 11.3 Å². The van der Waals surface area contributed by atoms with Crippen LogP contribution in [0.25, 0.3) is 22.0 Å². The summed E-state index contributed by atoms with van der Waals surface area (Å²) in [6.45, 7) is 2.76. The zero-order valence-corrected chi connectivity index (χ0v) is 19.6. The van der Waals surface area contributed by atoms with Crippen LogP contribution in [0, 0.1) is 6.92 Å². The van der Waals surface area contributed by atoms with E-state index >= 15 is 0 Å². The SMILES string of the molecule is Cc1c(CNS(=O)[O-])cncc1-c1cc2cc(Nc3cc4n(n3)CC(=O)NCC4)ncc2c(N)n1. The Morgan fingerprint density at radius 3 is 2.91 bits per heavy atom. The number of rotatable bonds is 6. The van der Waals surface area contributed by atoms with E-state index in [1.165, 1.54) is 0 Å². The van der Waals surface area contributed by atoms with Crippen LogP contribution in [0.3, 0.4) is 0 Å². The maximum Gasteiger partial charge on any atom is 0.241 e. The third-order valence-electron chi connectivity index (χ3n) is 5.84. The number of hydrogen-bond donors (Lipinski definition) is 4. The van der Waals surface area contributed by atoms with Crippen molar-refractivity contribution in [2.75, 3.05) is 17.6 Å². The van der Waals surface area contributed by atoms with Crippen LogP contribution in [0.15, 0.2) is 36.8 Å². The fraction of sp³-hybridized carbons (Fsp3) is 0.227. The zero-order chi connectivity index (χ0) is 24.5.